The minimum absolute atomic E-state index is 0.147. The van der Waals surface area contributed by atoms with Gasteiger partial charge in [0.1, 0.15) is 5.75 Å². The van der Waals surface area contributed by atoms with Crippen LogP contribution in [0.1, 0.15) is 10.4 Å². The Kier molecular flexibility index (Phi) is 3.95. The number of pyridine rings is 1. The monoisotopic (exact) mass is 371 g/mol. The summed E-state index contributed by atoms with van der Waals surface area (Å²) >= 11 is 0. The number of hydrogen-bond donors (Lipinski definition) is 2. The van der Waals surface area contributed by atoms with Crippen LogP contribution in [-0.2, 0) is 0 Å². The quantitative estimate of drug-likeness (QED) is 0.620. The Morgan fingerprint density at radius 1 is 1.00 bits per heavy atom. The van der Waals surface area contributed by atoms with Crippen LogP contribution in [0.2, 0.25) is 0 Å². The highest BCUT2D eigenvalue weighted by molar-refractivity contribution is 6.08. The Labute approximate surface area is 151 Å². The molecule has 1 aliphatic rings. The van der Waals surface area contributed by atoms with Crippen molar-refractivity contribution in [3.05, 3.63) is 66.5 Å². The number of ether oxygens (including phenoxy) is 1. The summed E-state index contributed by atoms with van der Waals surface area (Å²) in [4.78, 5) is 16.7. The van der Waals surface area contributed by atoms with Gasteiger partial charge in [-0.25, -0.2) is 0 Å². The SMILES string of the molecule is O=C1Nc2cc(NC(F)(F)F)ccc2Oc2ccc(-c3cccnc3)cc21. The van der Waals surface area contributed by atoms with Gasteiger partial charge in [-0.05, 0) is 42.0 Å². The van der Waals surface area contributed by atoms with Gasteiger partial charge in [-0.2, -0.15) is 13.2 Å². The number of rotatable bonds is 2. The lowest BCUT2D eigenvalue weighted by Crippen LogP contribution is -2.20. The van der Waals surface area contributed by atoms with E-state index in [0.717, 1.165) is 11.1 Å². The van der Waals surface area contributed by atoms with E-state index >= 15 is 0 Å². The fraction of sp³-hybridized carbons (Fsp3) is 0.0526. The van der Waals surface area contributed by atoms with Crippen LogP contribution in [0.15, 0.2) is 60.9 Å². The second-order valence-corrected chi connectivity index (χ2v) is 5.84. The van der Waals surface area contributed by atoms with Gasteiger partial charge in [0.05, 0.1) is 11.3 Å². The lowest BCUT2D eigenvalue weighted by molar-refractivity contribution is -0.0999. The number of carbonyl (C=O) groups excluding carboxylic acids is 1. The van der Waals surface area contributed by atoms with Gasteiger partial charge in [0, 0.05) is 23.6 Å². The van der Waals surface area contributed by atoms with Crippen LogP contribution in [0.5, 0.6) is 11.5 Å². The van der Waals surface area contributed by atoms with Crippen molar-refractivity contribution in [2.75, 3.05) is 10.6 Å². The first kappa shape index (κ1) is 16.9. The lowest BCUT2D eigenvalue weighted by atomic mass is 10.0. The minimum atomic E-state index is -4.58. The van der Waals surface area contributed by atoms with Crippen molar-refractivity contribution in [1.82, 2.24) is 4.98 Å². The molecule has 1 aliphatic heterocycles. The van der Waals surface area contributed by atoms with E-state index < -0.39 is 12.2 Å². The van der Waals surface area contributed by atoms with Crippen LogP contribution in [0.3, 0.4) is 0 Å². The lowest BCUT2D eigenvalue weighted by Gasteiger charge is -2.13. The van der Waals surface area contributed by atoms with Crippen molar-refractivity contribution in [3.8, 4) is 22.6 Å². The topological polar surface area (TPSA) is 63.2 Å². The molecule has 0 radical (unpaired) electrons. The van der Waals surface area contributed by atoms with E-state index in [0.29, 0.717) is 5.75 Å². The average molecular weight is 371 g/mol. The molecule has 2 N–H and O–H groups in total. The molecule has 5 nitrogen and oxygen atoms in total. The van der Waals surface area contributed by atoms with Crippen LogP contribution < -0.4 is 15.4 Å². The highest BCUT2D eigenvalue weighted by Gasteiger charge is 2.28. The Balaban J connectivity index is 1.70. The molecule has 2 aromatic carbocycles. The van der Waals surface area contributed by atoms with Crippen molar-refractivity contribution in [1.29, 1.82) is 0 Å². The molecule has 0 atom stereocenters. The summed E-state index contributed by atoms with van der Waals surface area (Å²) in [5.74, 6) is 0.0954. The van der Waals surface area contributed by atoms with E-state index in [1.807, 2.05) is 6.07 Å². The number of amides is 1. The maximum atomic E-state index is 12.6. The normalized spacial score (nSPS) is 12.9. The number of carbonyl (C=O) groups is 1. The second-order valence-electron chi connectivity index (χ2n) is 5.84. The molecule has 1 aromatic heterocycles. The highest BCUT2D eigenvalue weighted by Crippen LogP contribution is 2.39. The number of benzene rings is 2. The van der Waals surface area contributed by atoms with Crippen molar-refractivity contribution >= 4 is 17.3 Å². The molecule has 3 aromatic rings. The predicted molar refractivity (Wildman–Crippen MR) is 93.8 cm³/mol. The molecular weight excluding hydrogens is 359 g/mol. The third-order valence-electron chi connectivity index (χ3n) is 3.95. The standard InChI is InChI=1S/C19H12F3N3O2/c20-19(21,22)25-13-4-6-17-15(9-13)24-18(26)14-8-11(3-5-16(14)27-17)12-2-1-7-23-10-12/h1-10,25H,(H,24,26). The van der Waals surface area contributed by atoms with Gasteiger partial charge < -0.3 is 10.1 Å². The molecule has 0 bridgehead atoms. The van der Waals surface area contributed by atoms with E-state index in [1.165, 1.54) is 23.5 Å². The van der Waals surface area contributed by atoms with E-state index in [1.54, 1.807) is 36.7 Å². The van der Waals surface area contributed by atoms with E-state index in [9.17, 15) is 18.0 Å². The number of nitrogens with one attached hydrogen (secondary N) is 2. The van der Waals surface area contributed by atoms with Crippen molar-refractivity contribution in [2.24, 2.45) is 0 Å². The summed E-state index contributed by atoms with van der Waals surface area (Å²) in [5.41, 5.74) is 1.82. The summed E-state index contributed by atoms with van der Waals surface area (Å²) in [6.45, 7) is 0. The van der Waals surface area contributed by atoms with Gasteiger partial charge in [0.25, 0.3) is 5.91 Å². The summed E-state index contributed by atoms with van der Waals surface area (Å²) in [6.07, 6.45) is -1.27. The number of fused-ring (bicyclic) bond motifs is 2. The number of anilines is 2. The van der Waals surface area contributed by atoms with Gasteiger partial charge in [0.15, 0.2) is 5.75 Å². The molecule has 0 saturated heterocycles. The van der Waals surface area contributed by atoms with Crippen molar-refractivity contribution < 1.29 is 22.7 Å². The van der Waals surface area contributed by atoms with Crippen LogP contribution >= 0.6 is 0 Å². The van der Waals surface area contributed by atoms with Gasteiger partial charge in [-0.1, -0.05) is 12.1 Å². The fourth-order valence-electron chi connectivity index (χ4n) is 2.78. The largest absolute Gasteiger partial charge is 0.482 e. The summed E-state index contributed by atoms with van der Waals surface area (Å²) in [7, 11) is 0. The van der Waals surface area contributed by atoms with Gasteiger partial charge in [-0.15, -0.1) is 0 Å². The summed E-state index contributed by atoms with van der Waals surface area (Å²) < 4.78 is 43.3. The molecule has 0 fully saturated rings. The number of nitrogens with zero attached hydrogens (tertiary/aromatic N) is 1. The van der Waals surface area contributed by atoms with Crippen LogP contribution in [0, 0.1) is 0 Å². The molecule has 0 spiro atoms. The first-order chi connectivity index (χ1) is 12.9. The fourth-order valence-corrected chi connectivity index (χ4v) is 2.78. The number of aromatic nitrogens is 1. The van der Waals surface area contributed by atoms with Crippen molar-refractivity contribution in [3.63, 3.8) is 0 Å². The highest BCUT2D eigenvalue weighted by atomic mass is 19.4. The molecule has 0 aliphatic carbocycles. The van der Waals surface area contributed by atoms with Crippen LogP contribution in [0.25, 0.3) is 11.1 Å². The average Bonchev–Trinajstić information content (AvgIpc) is 2.76. The zero-order valence-corrected chi connectivity index (χ0v) is 13.7. The molecule has 1 amide bonds. The number of halogens is 3. The predicted octanol–water partition coefficient (Wildman–Crippen LogP) is 5.04. The zero-order chi connectivity index (χ0) is 19.0. The van der Waals surface area contributed by atoms with Gasteiger partial charge in [-0.3, -0.25) is 15.1 Å². The smallest absolute Gasteiger partial charge is 0.454 e. The molecule has 136 valence electrons. The third kappa shape index (κ3) is 3.55. The Hall–Kier alpha value is -3.55. The maximum absolute atomic E-state index is 12.6. The number of alkyl halides is 3. The van der Waals surface area contributed by atoms with Crippen LogP contribution in [0.4, 0.5) is 24.5 Å². The zero-order valence-electron chi connectivity index (χ0n) is 13.7. The van der Waals surface area contributed by atoms with E-state index in [-0.39, 0.29) is 22.7 Å². The molecule has 0 unspecified atom stereocenters. The van der Waals surface area contributed by atoms with Gasteiger partial charge in [0.2, 0.25) is 0 Å². The molecule has 27 heavy (non-hydrogen) atoms. The second kappa shape index (κ2) is 6.31. The first-order valence-corrected chi connectivity index (χ1v) is 7.92. The first-order valence-electron chi connectivity index (χ1n) is 7.92. The van der Waals surface area contributed by atoms with Gasteiger partial charge >= 0.3 is 6.30 Å². The molecule has 0 saturated carbocycles. The summed E-state index contributed by atoms with van der Waals surface area (Å²) in [5, 5.41) is 4.00. The van der Waals surface area contributed by atoms with Crippen molar-refractivity contribution in [2.45, 2.75) is 6.30 Å². The Morgan fingerprint density at radius 3 is 2.56 bits per heavy atom. The third-order valence-corrected chi connectivity index (χ3v) is 3.95. The van der Waals surface area contributed by atoms with Crippen LogP contribution in [-0.4, -0.2) is 17.2 Å². The van der Waals surface area contributed by atoms with E-state index in [2.05, 4.69) is 10.3 Å². The van der Waals surface area contributed by atoms with E-state index in [4.69, 9.17) is 4.74 Å². The Bertz CT molecular complexity index is 1020. The summed E-state index contributed by atoms with van der Waals surface area (Å²) in [6, 6.07) is 12.5. The molecule has 2 heterocycles. The molecule has 8 heteroatoms. The maximum Gasteiger partial charge on any atom is 0.482 e. The molecular formula is C19H12F3N3O2. The Morgan fingerprint density at radius 2 is 1.81 bits per heavy atom. The molecule has 4 rings (SSSR count). The minimum Gasteiger partial charge on any atom is -0.454 e. The number of hydrogen-bond acceptors (Lipinski definition) is 4.